The van der Waals surface area contributed by atoms with Gasteiger partial charge in [-0.15, -0.1) is 0 Å². The maximum atomic E-state index is 13.3. The fourth-order valence-electron chi connectivity index (χ4n) is 10.9. The molecule has 3 aromatic carbocycles. The summed E-state index contributed by atoms with van der Waals surface area (Å²) in [7, 11) is 0. The summed E-state index contributed by atoms with van der Waals surface area (Å²) in [6.07, 6.45) is 8.49. The number of benzene rings is 3. The number of carbonyl (C=O) groups excluding carboxylic acids is 1. The van der Waals surface area contributed by atoms with Gasteiger partial charge in [0.15, 0.2) is 12.1 Å². The number of nitrogens with zero attached hydrogens (tertiary/aromatic N) is 1. The molecule has 53 heavy (non-hydrogen) atoms. The fourth-order valence-corrected chi connectivity index (χ4v) is 10.9. The Kier molecular flexibility index (Phi) is 9.84. The second-order valence-electron chi connectivity index (χ2n) is 17.0. The molecule has 3 saturated heterocycles. The Labute approximate surface area is 313 Å². The minimum atomic E-state index is -0.532. The second kappa shape index (κ2) is 14.7. The van der Waals surface area contributed by atoms with Crippen LogP contribution in [0.5, 0.6) is 0 Å². The predicted molar refractivity (Wildman–Crippen MR) is 201 cm³/mol. The summed E-state index contributed by atoms with van der Waals surface area (Å²) in [6.45, 7) is 6.67. The lowest BCUT2D eigenvalue weighted by Crippen LogP contribution is -2.61. The number of likely N-dealkylation sites (tertiary alicyclic amines) is 1. The van der Waals surface area contributed by atoms with Crippen molar-refractivity contribution in [3.05, 3.63) is 95.1 Å². The zero-order chi connectivity index (χ0) is 36.0. The molecule has 2 amide bonds. The molecule has 7 fully saturated rings. The molecule has 4 bridgehead atoms. The van der Waals surface area contributed by atoms with Gasteiger partial charge in [-0.2, -0.15) is 0 Å². The molecule has 0 aromatic heterocycles. The monoisotopic (exact) mass is 721 g/mol. The van der Waals surface area contributed by atoms with Crippen LogP contribution in [0.4, 0.5) is 4.79 Å². The molecule has 4 saturated carbocycles. The molecule has 4 atom stereocenters. The largest absolute Gasteiger partial charge is 0.392 e. The number of urea groups is 1. The van der Waals surface area contributed by atoms with Crippen molar-refractivity contribution in [3.8, 4) is 11.1 Å². The molecule has 4 aliphatic carbocycles. The third-order valence-corrected chi connectivity index (χ3v) is 13.4. The van der Waals surface area contributed by atoms with E-state index in [1.807, 2.05) is 18.2 Å². The van der Waals surface area contributed by atoms with Crippen LogP contribution in [0, 0.1) is 23.7 Å². The van der Waals surface area contributed by atoms with Gasteiger partial charge < -0.3 is 39.6 Å². The maximum absolute atomic E-state index is 13.3. The first-order valence-corrected chi connectivity index (χ1v) is 20.1. The Morgan fingerprint density at radius 1 is 0.830 bits per heavy atom. The molecule has 9 nitrogen and oxygen atoms in total. The summed E-state index contributed by atoms with van der Waals surface area (Å²) in [4.78, 5) is 15.8. The molecule has 9 heteroatoms. The summed E-state index contributed by atoms with van der Waals surface area (Å²) in [5.41, 5.74) is 6.21. The first kappa shape index (κ1) is 35.4. The first-order valence-electron chi connectivity index (χ1n) is 20.1. The van der Waals surface area contributed by atoms with Gasteiger partial charge in [0.1, 0.15) is 0 Å². The van der Waals surface area contributed by atoms with Crippen molar-refractivity contribution in [1.82, 2.24) is 15.5 Å². The standard InChI is InChI=1S/C44H55N3O6/c1-29-39(27-47-16-14-44(15-17-47)50-18-19-51-44)52-41(53-40(29)35-8-6-30(28-48)7-9-35)36-12-10-34(11-13-36)38-5-3-2-4-37(38)26-45-42(49)46-43-23-31-20-32(24-43)22-33(21-31)25-43/h2-13,29,31-33,39-41,48H,14-28H2,1H3,(H2,45,46,49)/t29-,31?,32?,33?,39+,40+,41+,43?/m0/s1. The van der Waals surface area contributed by atoms with Gasteiger partial charge in [-0.1, -0.05) is 79.7 Å². The highest BCUT2D eigenvalue weighted by Crippen LogP contribution is 2.55. The van der Waals surface area contributed by atoms with Gasteiger partial charge in [0.2, 0.25) is 0 Å². The average Bonchev–Trinajstić information content (AvgIpc) is 3.63. The normalized spacial score (nSPS) is 33.3. The van der Waals surface area contributed by atoms with Crippen LogP contribution in [-0.2, 0) is 32.1 Å². The van der Waals surface area contributed by atoms with Crippen LogP contribution >= 0.6 is 0 Å². The van der Waals surface area contributed by atoms with Gasteiger partial charge in [0.05, 0.1) is 32.0 Å². The lowest BCUT2D eigenvalue weighted by atomic mass is 9.53. The summed E-state index contributed by atoms with van der Waals surface area (Å²) in [5, 5.41) is 16.3. The molecule has 0 unspecified atom stereocenters. The van der Waals surface area contributed by atoms with Crippen LogP contribution in [-0.4, -0.2) is 66.3 Å². The van der Waals surface area contributed by atoms with Crippen LogP contribution in [0.25, 0.3) is 11.1 Å². The Morgan fingerprint density at radius 3 is 2.13 bits per heavy atom. The van der Waals surface area contributed by atoms with Crippen LogP contribution in [0.3, 0.4) is 0 Å². The quantitative estimate of drug-likeness (QED) is 0.214. The topological polar surface area (TPSA) is 102 Å². The van der Waals surface area contributed by atoms with E-state index in [0.29, 0.717) is 19.8 Å². The predicted octanol–water partition coefficient (Wildman–Crippen LogP) is 7.24. The van der Waals surface area contributed by atoms with Gasteiger partial charge in [-0.05, 0) is 84.1 Å². The van der Waals surface area contributed by atoms with E-state index in [4.69, 9.17) is 18.9 Å². The van der Waals surface area contributed by atoms with Crippen LogP contribution in [0.2, 0.25) is 0 Å². The second-order valence-corrected chi connectivity index (χ2v) is 17.0. The van der Waals surface area contributed by atoms with Gasteiger partial charge in [-0.3, -0.25) is 0 Å². The molecule has 3 aromatic rings. The van der Waals surface area contributed by atoms with Crippen molar-refractivity contribution in [3.63, 3.8) is 0 Å². The SMILES string of the molecule is C[C@H]1[C@@H](CN2CCC3(CC2)OCCO3)O[C@@H](c2ccc(-c3ccccc3CNC(=O)NC34CC5CC(CC(C5)C3)C4)cc2)O[C@H]1c1ccc(CO)cc1. The molecule has 3 aliphatic heterocycles. The van der Waals surface area contributed by atoms with E-state index < -0.39 is 12.1 Å². The lowest BCUT2D eigenvalue weighted by molar-refractivity contribution is -0.278. The highest BCUT2D eigenvalue weighted by Gasteiger charge is 2.51. The molecule has 282 valence electrons. The van der Waals surface area contributed by atoms with Crippen LogP contribution in [0.1, 0.15) is 92.9 Å². The number of nitrogens with one attached hydrogen (secondary N) is 2. The molecule has 10 rings (SSSR count). The van der Waals surface area contributed by atoms with Crippen LogP contribution < -0.4 is 10.6 Å². The van der Waals surface area contributed by atoms with Gasteiger partial charge in [0, 0.05) is 56.0 Å². The third-order valence-electron chi connectivity index (χ3n) is 13.4. The fraction of sp³-hybridized carbons (Fsp3) is 0.568. The minimum absolute atomic E-state index is 0.00781. The highest BCUT2D eigenvalue weighted by atomic mass is 16.7. The first-order chi connectivity index (χ1) is 25.8. The van der Waals surface area contributed by atoms with Crippen molar-refractivity contribution in [2.75, 3.05) is 32.8 Å². The Bertz CT molecular complexity index is 1700. The molecule has 7 aliphatic rings. The third kappa shape index (κ3) is 7.41. The number of ether oxygens (including phenoxy) is 4. The number of aliphatic hydroxyl groups excluding tert-OH is 1. The van der Waals surface area contributed by atoms with E-state index in [0.717, 1.165) is 103 Å². The number of aliphatic hydroxyl groups is 1. The number of hydrogen-bond donors (Lipinski definition) is 3. The molecule has 1 spiro atoms. The van der Waals surface area contributed by atoms with E-state index in [1.165, 1.54) is 19.3 Å². The maximum Gasteiger partial charge on any atom is 0.315 e. The lowest BCUT2D eigenvalue weighted by Gasteiger charge is -2.56. The summed E-state index contributed by atoms with van der Waals surface area (Å²) in [5.74, 6) is 2.07. The number of carbonyl (C=O) groups is 1. The van der Waals surface area contributed by atoms with E-state index >= 15 is 0 Å². The summed E-state index contributed by atoms with van der Waals surface area (Å²) in [6, 6.07) is 24.9. The average molecular weight is 722 g/mol. The van der Waals surface area contributed by atoms with Crippen molar-refractivity contribution in [1.29, 1.82) is 0 Å². The van der Waals surface area contributed by atoms with Crippen molar-refractivity contribution in [2.24, 2.45) is 23.7 Å². The van der Waals surface area contributed by atoms with E-state index in [1.54, 1.807) is 0 Å². The van der Waals surface area contributed by atoms with Crippen molar-refractivity contribution in [2.45, 2.75) is 101 Å². The highest BCUT2D eigenvalue weighted by molar-refractivity contribution is 5.76. The van der Waals surface area contributed by atoms with Gasteiger partial charge in [-0.25, -0.2) is 4.79 Å². The number of piperidine rings is 1. The zero-order valence-electron chi connectivity index (χ0n) is 31.0. The molecule has 3 heterocycles. The van der Waals surface area contributed by atoms with E-state index in [-0.39, 0.29) is 36.3 Å². The van der Waals surface area contributed by atoms with Crippen molar-refractivity contribution >= 4 is 6.03 Å². The molecular weight excluding hydrogens is 666 g/mol. The summed E-state index contributed by atoms with van der Waals surface area (Å²) >= 11 is 0. The van der Waals surface area contributed by atoms with E-state index in [2.05, 4.69) is 77.1 Å². The molecular formula is C44H55N3O6. The molecule has 3 N–H and O–H groups in total. The van der Waals surface area contributed by atoms with Gasteiger partial charge >= 0.3 is 6.03 Å². The Morgan fingerprint density at radius 2 is 1.47 bits per heavy atom. The minimum Gasteiger partial charge on any atom is -0.392 e. The summed E-state index contributed by atoms with van der Waals surface area (Å²) < 4.78 is 25.6. The smallest absolute Gasteiger partial charge is 0.315 e. The van der Waals surface area contributed by atoms with Crippen LogP contribution in [0.15, 0.2) is 72.8 Å². The number of rotatable bonds is 9. The van der Waals surface area contributed by atoms with Gasteiger partial charge in [0.25, 0.3) is 0 Å². The Balaban J connectivity index is 0.885. The molecule has 0 radical (unpaired) electrons. The van der Waals surface area contributed by atoms with E-state index in [9.17, 15) is 9.90 Å². The zero-order valence-corrected chi connectivity index (χ0v) is 31.0. The Hall–Kier alpha value is -3.31. The van der Waals surface area contributed by atoms with Crippen molar-refractivity contribution < 1.29 is 28.8 Å². The number of amides is 2. The number of hydrogen-bond acceptors (Lipinski definition) is 7.